The summed E-state index contributed by atoms with van der Waals surface area (Å²) >= 11 is 12.5. The largest absolute Gasteiger partial charge is 0.489 e. The summed E-state index contributed by atoms with van der Waals surface area (Å²) in [6.45, 7) is -0.126. The van der Waals surface area contributed by atoms with Crippen molar-refractivity contribution in [2.45, 2.75) is 50.9 Å². The number of aliphatic hydroxyl groups excluding tert-OH is 1. The Balaban J connectivity index is 0.000000156. The van der Waals surface area contributed by atoms with Crippen molar-refractivity contribution in [1.82, 2.24) is 19.9 Å². The summed E-state index contributed by atoms with van der Waals surface area (Å²) in [4.78, 5) is 39.0. The molecule has 3 aliphatic rings. The fourth-order valence-corrected chi connectivity index (χ4v) is 5.05. The highest BCUT2D eigenvalue weighted by atomic mass is 35.5. The molecule has 0 saturated heterocycles. The van der Waals surface area contributed by atoms with Gasteiger partial charge in [0.1, 0.15) is 24.2 Å². The zero-order valence-corrected chi connectivity index (χ0v) is 24.7. The van der Waals surface area contributed by atoms with Crippen LogP contribution < -0.4 is 9.47 Å². The fourth-order valence-electron chi connectivity index (χ4n) is 4.60. The van der Waals surface area contributed by atoms with E-state index in [-0.39, 0.29) is 17.4 Å². The lowest BCUT2D eigenvalue weighted by atomic mass is 10.0. The molecule has 2 aromatic heterocycles. The van der Waals surface area contributed by atoms with Crippen LogP contribution in [0.15, 0.2) is 49.1 Å². The first kappa shape index (κ1) is 29.7. The minimum Gasteiger partial charge on any atom is -0.489 e. The van der Waals surface area contributed by atoms with Gasteiger partial charge in [-0.25, -0.2) is 29.5 Å². The van der Waals surface area contributed by atoms with Crippen LogP contribution in [-0.2, 0) is 17.8 Å². The molecule has 0 atom stereocenters. The molecular weight excluding hydrogens is 611 g/mol. The van der Waals surface area contributed by atoms with Crippen molar-refractivity contribution in [1.29, 1.82) is 0 Å². The van der Waals surface area contributed by atoms with Gasteiger partial charge in [0.15, 0.2) is 11.4 Å². The molecule has 0 unspecified atom stereocenters. The van der Waals surface area contributed by atoms with Crippen LogP contribution in [0.4, 0.5) is 0 Å². The van der Waals surface area contributed by atoms with E-state index in [9.17, 15) is 14.7 Å². The lowest BCUT2D eigenvalue weighted by Crippen LogP contribution is -2.20. The first-order chi connectivity index (χ1) is 21.3. The van der Waals surface area contributed by atoms with Gasteiger partial charge in [0.2, 0.25) is 0 Å². The summed E-state index contributed by atoms with van der Waals surface area (Å²) in [6, 6.07) is 10.7. The fraction of sp³-hybridized carbons (Fsp3) is 0.290. The second kappa shape index (κ2) is 12.7. The van der Waals surface area contributed by atoms with Gasteiger partial charge in [-0.1, -0.05) is 23.2 Å². The first-order valence-electron chi connectivity index (χ1n) is 13.9. The van der Waals surface area contributed by atoms with Crippen LogP contribution in [0.1, 0.15) is 57.8 Å². The molecule has 44 heavy (non-hydrogen) atoms. The Bertz CT molecular complexity index is 1650. The number of aromatic nitrogens is 4. The van der Waals surface area contributed by atoms with E-state index < -0.39 is 18.5 Å². The molecule has 1 aliphatic heterocycles. The third-order valence-electron chi connectivity index (χ3n) is 7.08. The average molecular weight is 637 g/mol. The molecular formula is C31H26Cl2N4O7. The zero-order chi connectivity index (χ0) is 30.8. The predicted octanol–water partition coefficient (Wildman–Crippen LogP) is 5.58. The van der Waals surface area contributed by atoms with Gasteiger partial charge < -0.3 is 24.4 Å². The van der Waals surface area contributed by atoms with E-state index in [2.05, 4.69) is 19.9 Å². The minimum atomic E-state index is -1.22. The van der Waals surface area contributed by atoms with Crippen LogP contribution in [0, 0.1) is 0 Å². The molecule has 3 heterocycles. The molecule has 7 rings (SSSR count). The number of aliphatic hydroxyl groups is 1. The summed E-state index contributed by atoms with van der Waals surface area (Å²) < 4.78 is 16.4. The number of hydrogen-bond donors (Lipinski definition) is 2. The van der Waals surface area contributed by atoms with Gasteiger partial charge in [0.05, 0.1) is 46.9 Å². The monoisotopic (exact) mass is 636 g/mol. The van der Waals surface area contributed by atoms with Gasteiger partial charge in [-0.15, -0.1) is 0 Å². The van der Waals surface area contributed by atoms with Gasteiger partial charge >= 0.3 is 11.9 Å². The van der Waals surface area contributed by atoms with Crippen molar-refractivity contribution in [3.63, 3.8) is 0 Å². The van der Waals surface area contributed by atoms with Crippen LogP contribution in [0.3, 0.4) is 0 Å². The molecule has 0 spiro atoms. The van der Waals surface area contributed by atoms with Crippen LogP contribution in [0.2, 0.25) is 10.0 Å². The molecule has 2 aliphatic carbocycles. The summed E-state index contributed by atoms with van der Waals surface area (Å²) in [5, 5.41) is 19.6. The molecule has 0 radical (unpaired) electrons. The summed E-state index contributed by atoms with van der Waals surface area (Å²) in [5.74, 6) is -0.335. The van der Waals surface area contributed by atoms with E-state index in [0.29, 0.717) is 57.6 Å². The number of fused-ring (bicyclic) bond motifs is 1. The van der Waals surface area contributed by atoms with E-state index in [1.54, 1.807) is 18.2 Å². The maximum absolute atomic E-state index is 11.8. The molecule has 11 nitrogen and oxygen atoms in total. The molecule has 13 heteroatoms. The number of carbonyl (C=O) groups is 2. The number of esters is 1. The molecule has 2 fully saturated rings. The standard InChI is InChI=1S/C16H13ClN2O3.C15H13ClN2O4/c17-12-7-9(1-4-13(12)22-10-2-3-10)14-11-5-6-21-16(20)15(11)19-8-18-14;16-11-5-8(1-4-12(11)22-9-2-3-9)13-10(6-19)14(15(20)21)18-7-17-13/h1,4,7-8,10H,2-3,5-6H2;1,4-5,7,9,19H,2-3,6H2,(H,20,21). The SMILES string of the molecule is O=C(O)c1ncnc(-c2ccc(OC3CC3)c(Cl)c2)c1CO.O=C1OCCc2c1ncnc2-c1ccc(OC2CC2)c(Cl)c1. The van der Waals surface area contributed by atoms with Crippen LogP contribution >= 0.6 is 23.2 Å². The highest BCUT2D eigenvalue weighted by Crippen LogP contribution is 2.37. The van der Waals surface area contributed by atoms with E-state index in [4.69, 9.17) is 42.5 Å². The van der Waals surface area contributed by atoms with Gasteiger partial charge in [-0.05, 0) is 62.1 Å². The number of ether oxygens (including phenoxy) is 3. The van der Waals surface area contributed by atoms with Gasteiger partial charge in [-0.3, -0.25) is 0 Å². The smallest absolute Gasteiger partial charge is 0.357 e. The van der Waals surface area contributed by atoms with Crippen LogP contribution in [0.5, 0.6) is 11.5 Å². The maximum atomic E-state index is 11.8. The molecule has 2 aromatic carbocycles. The highest BCUT2D eigenvalue weighted by molar-refractivity contribution is 6.32. The van der Waals surface area contributed by atoms with Crippen molar-refractivity contribution >= 4 is 35.1 Å². The third-order valence-corrected chi connectivity index (χ3v) is 7.67. The average Bonchev–Trinajstić information content (AvgIpc) is 3.96. The Hall–Kier alpha value is -4.32. The molecule has 0 bridgehead atoms. The Morgan fingerprint density at radius 2 is 1.39 bits per heavy atom. The van der Waals surface area contributed by atoms with Gasteiger partial charge in [0.25, 0.3) is 0 Å². The summed E-state index contributed by atoms with van der Waals surface area (Å²) in [5.41, 5.74) is 3.60. The van der Waals surface area contributed by atoms with Crippen molar-refractivity contribution in [3.05, 3.63) is 81.6 Å². The quantitative estimate of drug-likeness (QED) is 0.233. The van der Waals surface area contributed by atoms with Gasteiger partial charge in [-0.2, -0.15) is 0 Å². The van der Waals surface area contributed by atoms with Crippen molar-refractivity contribution in [2.75, 3.05) is 6.61 Å². The number of rotatable bonds is 8. The molecule has 2 N–H and O–H groups in total. The number of halogens is 2. The van der Waals surface area contributed by atoms with Gasteiger partial charge in [0, 0.05) is 28.7 Å². The van der Waals surface area contributed by atoms with E-state index in [0.717, 1.165) is 48.8 Å². The topological polar surface area (TPSA) is 154 Å². The number of cyclic esters (lactones) is 1. The van der Waals surface area contributed by atoms with Crippen molar-refractivity contribution in [3.8, 4) is 34.0 Å². The molecule has 226 valence electrons. The van der Waals surface area contributed by atoms with Crippen LogP contribution in [0.25, 0.3) is 22.5 Å². The number of carboxylic acid groups (broad SMARTS) is 1. The first-order valence-corrected chi connectivity index (χ1v) is 14.7. The predicted molar refractivity (Wildman–Crippen MR) is 159 cm³/mol. The Labute approximate surface area is 261 Å². The van der Waals surface area contributed by atoms with Crippen molar-refractivity contribution < 1.29 is 34.0 Å². The zero-order valence-electron chi connectivity index (χ0n) is 23.2. The minimum absolute atomic E-state index is 0.155. The number of hydrogen-bond acceptors (Lipinski definition) is 10. The second-order valence-electron chi connectivity index (χ2n) is 10.4. The third kappa shape index (κ3) is 6.59. The highest BCUT2D eigenvalue weighted by Gasteiger charge is 2.27. The lowest BCUT2D eigenvalue weighted by Gasteiger charge is -2.17. The molecule has 4 aromatic rings. The summed E-state index contributed by atoms with van der Waals surface area (Å²) in [6.07, 6.45) is 7.89. The number of carbonyl (C=O) groups excluding carboxylic acids is 1. The van der Waals surface area contributed by atoms with Crippen LogP contribution in [-0.4, -0.2) is 60.9 Å². The Morgan fingerprint density at radius 1 is 0.841 bits per heavy atom. The number of carboxylic acids is 1. The second-order valence-corrected chi connectivity index (χ2v) is 11.2. The van der Waals surface area contributed by atoms with E-state index in [1.807, 2.05) is 18.2 Å². The number of nitrogens with zero attached hydrogens (tertiary/aromatic N) is 4. The normalized spacial score (nSPS) is 15.4. The molecule has 0 amide bonds. The maximum Gasteiger partial charge on any atom is 0.357 e. The van der Waals surface area contributed by atoms with Crippen molar-refractivity contribution in [2.24, 2.45) is 0 Å². The van der Waals surface area contributed by atoms with E-state index in [1.165, 1.54) is 6.33 Å². The van der Waals surface area contributed by atoms with E-state index >= 15 is 0 Å². The number of benzene rings is 2. The lowest BCUT2D eigenvalue weighted by molar-refractivity contribution is 0.0471. The number of aromatic carboxylic acids is 1. The molecule has 2 saturated carbocycles. The summed E-state index contributed by atoms with van der Waals surface area (Å²) in [7, 11) is 0. The Kier molecular flexibility index (Phi) is 8.60. The Morgan fingerprint density at radius 3 is 1.93 bits per heavy atom.